The van der Waals surface area contributed by atoms with Crippen LogP contribution in [0.5, 0.6) is 5.75 Å². The topological polar surface area (TPSA) is 45.0 Å². The second-order valence-electron chi connectivity index (χ2n) is 3.92. The number of nitrogens with one attached hydrogen (secondary N) is 1. The Morgan fingerprint density at radius 1 is 1.16 bits per heavy atom. The lowest BCUT2D eigenvalue weighted by atomic mass is 10.2. The van der Waals surface area contributed by atoms with Crippen molar-refractivity contribution in [3.63, 3.8) is 0 Å². The van der Waals surface area contributed by atoms with Crippen molar-refractivity contribution in [2.45, 2.75) is 6.92 Å². The van der Waals surface area contributed by atoms with E-state index in [2.05, 4.69) is 5.32 Å². The molecule has 0 amide bonds. The minimum Gasteiger partial charge on any atom is -0.494 e. The Balaban J connectivity index is 2.17. The molecule has 0 saturated carbocycles. The fourth-order valence-electron chi connectivity index (χ4n) is 1.69. The van der Waals surface area contributed by atoms with Gasteiger partial charge in [0.05, 0.1) is 18.2 Å². The summed E-state index contributed by atoms with van der Waals surface area (Å²) >= 11 is 0. The fraction of sp³-hybridized carbons (Fsp3) is 0.133. The molecule has 0 saturated heterocycles. The molecule has 0 aliphatic rings. The zero-order valence-electron chi connectivity index (χ0n) is 10.5. The monoisotopic (exact) mass is 256 g/mol. The van der Waals surface area contributed by atoms with Gasteiger partial charge < -0.3 is 10.1 Å². The Labute approximate surface area is 111 Å². The van der Waals surface area contributed by atoms with Crippen molar-refractivity contribution in [2.75, 3.05) is 11.9 Å². The van der Waals surface area contributed by atoms with Crippen LogP contribution in [-0.4, -0.2) is 6.61 Å². The summed E-state index contributed by atoms with van der Waals surface area (Å²) in [7, 11) is 0. The minimum atomic E-state index is -0.438. The van der Waals surface area contributed by atoms with Crippen LogP contribution in [0.1, 0.15) is 12.5 Å². The molecule has 0 atom stereocenters. The summed E-state index contributed by atoms with van der Waals surface area (Å²) in [6.45, 7) is 2.53. The van der Waals surface area contributed by atoms with E-state index in [4.69, 9.17) is 10.00 Å². The normalized spacial score (nSPS) is 9.74. The van der Waals surface area contributed by atoms with Gasteiger partial charge in [-0.1, -0.05) is 0 Å². The Kier molecular flexibility index (Phi) is 3.99. The number of anilines is 2. The van der Waals surface area contributed by atoms with Crippen molar-refractivity contribution in [1.82, 2.24) is 0 Å². The van der Waals surface area contributed by atoms with E-state index in [1.165, 1.54) is 12.1 Å². The summed E-state index contributed by atoms with van der Waals surface area (Å²) in [5.41, 5.74) is 1.63. The molecular weight excluding hydrogens is 243 g/mol. The molecule has 3 nitrogen and oxygen atoms in total. The highest BCUT2D eigenvalue weighted by Gasteiger charge is 2.01. The minimum absolute atomic E-state index is 0.286. The largest absolute Gasteiger partial charge is 0.494 e. The SMILES string of the molecule is CCOc1ccc(Nc2cc(F)cc(C#N)c2)cc1. The molecule has 2 rings (SSSR count). The van der Waals surface area contributed by atoms with Gasteiger partial charge in [0.2, 0.25) is 0 Å². The molecule has 1 N–H and O–H groups in total. The maximum absolute atomic E-state index is 13.3. The number of hydrogen-bond acceptors (Lipinski definition) is 3. The van der Waals surface area contributed by atoms with Gasteiger partial charge in [-0.3, -0.25) is 0 Å². The first-order valence-corrected chi connectivity index (χ1v) is 5.92. The zero-order chi connectivity index (χ0) is 13.7. The summed E-state index contributed by atoms with van der Waals surface area (Å²) in [5, 5.41) is 11.8. The number of nitriles is 1. The standard InChI is InChI=1S/C15H13FN2O/c1-2-19-15-5-3-13(4-6-15)18-14-8-11(10-17)7-12(16)9-14/h3-9,18H,2H2,1H3. The van der Waals surface area contributed by atoms with Gasteiger partial charge in [-0.15, -0.1) is 0 Å². The third-order valence-electron chi connectivity index (χ3n) is 2.48. The Hall–Kier alpha value is -2.54. The maximum Gasteiger partial charge on any atom is 0.126 e. The van der Waals surface area contributed by atoms with E-state index in [9.17, 15) is 4.39 Å². The third kappa shape index (κ3) is 3.46. The molecule has 0 radical (unpaired) electrons. The Morgan fingerprint density at radius 2 is 1.89 bits per heavy atom. The molecule has 0 heterocycles. The second kappa shape index (κ2) is 5.87. The van der Waals surface area contributed by atoms with Crippen LogP contribution in [0.4, 0.5) is 15.8 Å². The average Bonchev–Trinajstić information content (AvgIpc) is 2.40. The van der Waals surface area contributed by atoms with Crippen molar-refractivity contribution in [3.8, 4) is 11.8 Å². The molecule has 19 heavy (non-hydrogen) atoms. The summed E-state index contributed by atoms with van der Waals surface area (Å²) in [6.07, 6.45) is 0. The lowest BCUT2D eigenvalue weighted by molar-refractivity contribution is 0.340. The third-order valence-corrected chi connectivity index (χ3v) is 2.48. The molecular formula is C15H13FN2O. The van der Waals surface area contributed by atoms with Crippen LogP contribution in [0.15, 0.2) is 42.5 Å². The molecule has 4 heteroatoms. The number of hydrogen-bond donors (Lipinski definition) is 1. The van der Waals surface area contributed by atoms with Crippen molar-refractivity contribution >= 4 is 11.4 Å². The van der Waals surface area contributed by atoms with Gasteiger partial charge in [-0.2, -0.15) is 5.26 Å². The highest BCUT2D eigenvalue weighted by molar-refractivity contribution is 5.62. The van der Waals surface area contributed by atoms with Gasteiger partial charge >= 0.3 is 0 Å². The van der Waals surface area contributed by atoms with E-state index < -0.39 is 5.82 Å². The first-order chi connectivity index (χ1) is 9.21. The highest BCUT2D eigenvalue weighted by atomic mass is 19.1. The smallest absolute Gasteiger partial charge is 0.126 e. The summed E-state index contributed by atoms with van der Waals surface area (Å²) in [5.74, 6) is 0.345. The molecule has 0 bridgehead atoms. The van der Waals surface area contributed by atoms with Crippen LogP contribution in [-0.2, 0) is 0 Å². The van der Waals surface area contributed by atoms with Crippen LogP contribution >= 0.6 is 0 Å². The average molecular weight is 256 g/mol. The van der Waals surface area contributed by atoms with Gasteiger partial charge in [0.15, 0.2) is 0 Å². The van der Waals surface area contributed by atoms with Gasteiger partial charge in [0.25, 0.3) is 0 Å². The lowest BCUT2D eigenvalue weighted by Crippen LogP contribution is -1.94. The van der Waals surface area contributed by atoms with Gasteiger partial charge in [-0.25, -0.2) is 4.39 Å². The number of ether oxygens (including phenoxy) is 1. The van der Waals surface area contributed by atoms with Gasteiger partial charge in [0, 0.05) is 11.4 Å². The maximum atomic E-state index is 13.3. The first-order valence-electron chi connectivity index (χ1n) is 5.92. The molecule has 0 fully saturated rings. The van der Waals surface area contributed by atoms with Crippen LogP contribution in [0.2, 0.25) is 0 Å². The summed E-state index contributed by atoms with van der Waals surface area (Å²) < 4.78 is 18.6. The number of nitrogens with zero attached hydrogens (tertiary/aromatic N) is 1. The van der Waals surface area contributed by atoms with Crippen LogP contribution in [0, 0.1) is 17.1 Å². The summed E-state index contributed by atoms with van der Waals surface area (Å²) in [6, 6.07) is 13.4. The Bertz CT molecular complexity index is 603. The second-order valence-corrected chi connectivity index (χ2v) is 3.92. The highest BCUT2D eigenvalue weighted by Crippen LogP contribution is 2.21. The van der Waals surface area contributed by atoms with E-state index >= 15 is 0 Å². The molecule has 96 valence electrons. The molecule has 0 aliphatic heterocycles. The van der Waals surface area contributed by atoms with E-state index in [0.717, 1.165) is 11.4 Å². The molecule has 0 aliphatic carbocycles. The number of rotatable bonds is 4. The lowest BCUT2D eigenvalue weighted by Gasteiger charge is -2.08. The predicted molar refractivity (Wildman–Crippen MR) is 72.0 cm³/mol. The van der Waals surface area contributed by atoms with Crippen LogP contribution < -0.4 is 10.1 Å². The van der Waals surface area contributed by atoms with Gasteiger partial charge in [0.1, 0.15) is 11.6 Å². The number of benzene rings is 2. The van der Waals surface area contributed by atoms with Crippen LogP contribution in [0.3, 0.4) is 0 Å². The first kappa shape index (κ1) is 12.9. The molecule has 0 spiro atoms. The molecule has 2 aromatic rings. The van der Waals surface area contributed by atoms with E-state index in [1.54, 1.807) is 6.07 Å². The van der Waals surface area contributed by atoms with Gasteiger partial charge in [-0.05, 0) is 49.4 Å². The van der Waals surface area contributed by atoms with E-state index in [0.29, 0.717) is 12.3 Å². The zero-order valence-corrected chi connectivity index (χ0v) is 10.5. The van der Waals surface area contributed by atoms with Crippen molar-refractivity contribution < 1.29 is 9.13 Å². The summed E-state index contributed by atoms with van der Waals surface area (Å²) in [4.78, 5) is 0. The quantitative estimate of drug-likeness (QED) is 0.903. The number of halogens is 1. The predicted octanol–water partition coefficient (Wildman–Crippen LogP) is 3.84. The van der Waals surface area contributed by atoms with Crippen molar-refractivity contribution in [2.24, 2.45) is 0 Å². The Morgan fingerprint density at radius 3 is 2.53 bits per heavy atom. The molecule has 0 aromatic heterocycles. The molecule has 2 aromatic carbocycles. The van der Waals surface area contributed by atoms with Crippen LogP contribution in [0.25, 0.3) is 0 Å². The molecule has 0 unspecified atom stereocenters. The fourth-order valence-corrected chi connectivity index (χ4v) is 1.69. The van der Waals surface area contributed by atoms with Crippen molar-refractivity contribution in [1.29, 1.82) is 5.26 Å². The van der Waals surface area contributed by atoms with Crippen molar-refractivity contribution in [3.05, 3.63) is 53.8 Å². The van der Waals surface area contributed by atoms with E-state index in [-0.39, 0.29) is 5.56 Å². The van der Waals surface area contributed by atoms with E-state index in [1.807, 2.05) is 37.3 Å².